The summed E-state index contributed by atoms with van der Waals surface area (Å²) in [6, 6.07) is 6.06. The van der Waals surface area contributed by atoms with Gasteiger partial charge in [-0.15, -0.1) is 0 Å². The molecular formula is C13H16Br2O2. The van der Waals surface area contributed by atoms with Gasteiger partial charge in [-0.2, -0.15) is 0 Å². The molecule has 1 fully saturated rings. The lowest BCUT2D eigenvalue weighted by Gasteiger charge is -2.22. The molecule has 94 valence electrons. The first-order chi connectivity index (χ1) is 8.29. The predicted molar refractivity (Wildman–Crippen MR) is 75.9 cm³/mol. The van der Waals surface area contributed by atoms with Crippen molar-refractivity contribution in [3.05, 3.63) is 28.2 Å². The molecule has 1 aromatic rings. The average molecular weight is 364 g/mol. The van der Waals surface area contributed by atoms with Crippen LogP contribution >= 0.6 is 31.9 Å². The first-order valence-electron chi connectivity index (χ1n) is 5.88. The fourth-order valence-electron chi connectivity index (χ4n) is 1.87. The minimum atomic E-state index is 0.264. The second kappa shape index (κ2) is 6.76. The number of hydrogen-bond acceptors (Lipinski definition) is 2. The van der Waals surface area contributed by atoms with E-state index in [2.05, 4.69) is 37.9 Å². The summed E-state index contributed by atoms with van der Waals surface area (Å²) in [5.41, 5.74) is 1.20. The number of halogens is 2. The summed E-state index contributed by atoms with van der Waals surface area (Å²) in [4.78, 5) is 0. The van der Waals surface area contributed by atoms with Crippen LogP contribution in [0.25, 0.3) is 0 Å². The Hall–Kier alpha value is -0.0600. The molecule has 1 saturated heterocycles. The van der Waals surface area contributed by atoms with Gasteiger partial charge in [0.2, 0.25) is 0 Å². The van der Waals surface area contributed by atoms with Crippen LogP contribution < -0.4 is 4.74 Å². The summed E-state index contributed by atoms with van der Waals surface area (Å²) in [5, 5.41) is 0.824. The van der Waals surface area contributed by atoms with Crippen LogP contribution in [-0.4, -0.2) is 19.3 Å². The monoisotopic (exact) mass is 362 g/mol. The topological polar surface area (TPSA) is 18.5 Å². The predicted octanol–water partition coefficient (Wildman–Crippen LogP) is 4.29. The molecule has 1 unspecified atom stereocenters. The van der Waals surface area contributed by atoms with Crippen molar-refractivity contribution >= 4 is 31.9 Å². The van der Waals surface area contributed by atoms with Gasteiger partial charge < -0.3 is 9.47 Å². The Balaban J connectivity index is 1.89. The number of rotatable bonds is 4. The minimum Gasteiger partial charge on any atom is -0.491 e. The van der Waals surface area contributed by atoms with E-state index in [9.17, 15) is 0 Å². The molecule has 1 atom stereocenters. The molecule has 4 heteroatoms. The third kappa shape index (κ3) is 3.97. The number of ether oxygens (including phenoxy) is 2. The summed E-state index contributed by atoms with van der Waals surface area (Å²) >= 11 is 6.97. The molecule has 2 nitrogen and oxygen atoms in total. The molecule has 1 aliphatic rings. The van der Waals surface area contributed by atoms with Crippen LogP contribution in [-0.2, 0) is 10.1 Å². The molecular weight excluding hydrogens is 348 g/mol. The fraction of sp³-hybridized carbons (Fsp3) is 0.538. The van der Waals surface area contributed by atoms with Gasteiger partial charge in [-0.05, 0) is 43.0 Å². The second-order valence-electron chi connectivity index (χ2n) is 4.19. The van der Waals surface area contributed by atoms with Gasteiger partial charge in [0.1, 0.15) is 12.4 Å². The molecule has 1 aromatic carbocycles. The van der Waals surface area contributed by atoms with Crippen molar-refractivity contribution in [2.45, 2.75) is 30.7 Å². The Morgan fingerprint density at radius 1 is 1.35 bits per heavy atom. The molecule has 0 aliphatic carbocycles. The molecule has 1 heterocycles. The van der Waals surface area contributed by atoms with Crippen LogP contribution in [0.2, 0.25) is 0 Å². The number of hydrogen-bond donors (Lipinski definition) is 0. The van der Waals surface area contributed by atoms with E-state index in [0.29, 0.717) is 6.61 Å². The fourth-order valence-corrected chi connectivity index (χ4v) is 3.10. The van der Waals surface area contributed by atoms with E-state index in [1.807, 2.05) is 12.1 Å². The summed E-state index contributed by atoms with van der Waals surface area (Å²) in [6.07, 6.45) is 3.81. The van der Waals surface area contributed by atoms with Crippen molar-refractivity contribution in [3.8, 4) is 5.75 Å². The summed E-state index contributed by atoms with van der Waals surface area (Å²) in [6.45, 7) is 1.53. The smallest absolute Gasteiger partial charge is 0.119 e. The van der Waals surface area contributed by atoms with Gasteiger partial charge in [-0.3, -0.25) is 0 Å². The first-order valence-corrected chi connectivity index (χ1v) is 7.80. The van der Waals surface area contributed by atoms with E-state index < -0.39 is 0 Å². The van der Waals surface area contributed by atoms with Crippen molar-refractivity contribution in [2.24, 2.45) is 0 Å². The Morgan fingerprint density at radius 3 is 2.94 bits per heavy atom. The van der Waals surface area contributed by atoms with Crippen LogP contribution in [0.1, 0.15) is 24.8 Å². The molecule has 0 aromatic heterocycles. The molecule has 2 rings (SSSR count). The molecule has 0 bridgehead atoms. The third-order valence-corrected chi connectivity index (χ3v) is 4.25. The largest absolute Gasteiger partial charge is 0.491 e. The maximum absolute atomic E-state index is 5.78. The maximum Gasteiger partial charge on any atom is 0.119 e. The Kier molecular flexibility index (Phi) is 5.32. The molecule has 0 N–H and O–H groups in total. The van der Waals surface area contributed by atoms with Crippen molar-refractivity contribution in [2.75, 3.05) is 13.2 Å². The third-order valence-electron chi connectivity index (χ3n) is 2.87. The van der Waals surface area contributed by atoms with Gasteiger partial charge in [0.25, 0.3) is 0 Å². The second-order valence-corrected chi connectivity index (χ2v) is 5.60. The first kappa shape index (κ1) is 13.4. The minimum absolute atomic E-state index is 0.264. The van der Waals surface area contributed by atoms with Crippen molar-refractivity contribution < 1.29 is 9.47 Å². The van der Waals surface area contributed by atoms with Crippen molar-refractivity contribution in [1.29, 1.82) is 0 Å². The van der Waals surface area contributed by atoms with Gasteiger partial charge in [-0.1, -0.05) is 31.9 Å². The van der Waals surface area contributed by atoms with E-state index in [-0.39, 0.29) is 6.10 Å². The van der Waals surface area contributed by atoms with Crippen molar-refractivity contribution in [1.82, 2.24) is 0 Å². The van der Waals surface area contributed by atoms with Crippen LogP contribution in [0.15, 0.2) is 22.7 Å². The van der Waals surface area contributed by atoms with Crippen LogP contribution in [0.4, 0.5) is 0 Å². The van der Waals surface area contributed by atoms with E-state index >= 15 is 0 Å². The summed E-state index contributed by atoms with van der Waals surface area (Å²) < 4.78 is 12.5. The lowest BCUT2D eigenvalue weighted by Crippen LogP contribution is -2.25. The van der Waals surface area contributed by atoms with Crippen molar-refractivity contribution in [3.63, 3.8) is 0 Å². The molecule has 0 spiro atoms. The lowest BCUT2D eigenvalue weighted by atomic mass is 10.1. The highest BCUT2D eigenvalue weighted by Crippen LogP contribution is 2.25. The van der Waals surface area contributed by atoms with Crippen LogP contribution in [0.3, 0.4) is 0 Å². The zero-order chi connectivity index (χ0) is 12.1. The SMILES string of the molecule is BrCc1cc(OCC2CCCCO2)ccc1Br. The molecule has 0 amide bonds. The van der Waals surface area contributed by atoms with Crippen LogP contribution in [0, 0.1) is 0 Å². The van der Waals surface area contributed by atoms with Gasteiger partial charge in [0.15, 0.2) is 0 Å². The lowest BCUT2D eigenvalue weighted by molar-refractivity contribution is -0.0110. The van der Waals surface area contributed by atoms with Gasteiger partial charge in [0, 0.05) is 16.4 Å². The van der Waals surface area contributed by atoms with Gasteiger partial charge >= 0.3 is 0 Å². The number of benzene rings is 1. The van der Waals surface area contributed by atoms with Gasteiger partial charge in [0.05, 0.1) is 6.10 Å². The normalized spacial score (nSPS) is 20.2. The Morgan fingerprint density at radius 2 is 2.24 bits per heavy atom. The highest BCUT2D eigenvalue weighted by molar-refractivity contribution is 9.10. The number of alkyl halides is 1. The standard InChI is InChI=1S/C13H16Br2O2/c14-8-10-7-11(4-5-13(10)15)17-9-12-3-1-2-6-16-12/h4-5,7,12H,1-3,6,8-9H2. The molecule has 17 heavy (non-hydrogen) atoms. The quantitative estimate of drug-likeness (QED) is 0.743. The highest BCUT2D eigenvalue weighted by Gasteiger charge is 2.14. The van der Waals surface area contributed by atoms with E-state index in [4.69, 9.17) is 9.47 Å². The van der Waals surface area contributed by atoms with Crippen LogP contribution in [0.5, 0.6) is 5.75 Å². The average Bonchev–Trinajstić information content (AvgIpc) is 2.39. The highest BCUT2D eigenvalue weighted by atomic mass is 79.9. The molecule has 0 radical (unpaired) electrons. The zero-order valence-electron chi connectivity index (χ0n) is 9.62. The Bertz CT molecular complexity index is 362. The summed E-state index contributed by atoms with van der Waals surface area (Å²) in [5.74, 6) is 0.914. The van der Waals surface area contributed by atoms with E-state index in [1.54, 1.807) is 0 Å². The Labute approximate surface area is 119 Å². The van der Waals surface area contributed by atoms with Gasteiger partial charge in [-0.25, -0.2) is 0 Å². The molecule has 0 saturated carbocycles. The maximum atomic E-state index is 5.78. The molecule has 1 aliphatic heterocycles. The zero-order valence-corrected chi connectivity index (χ0v) is 12.8. The summed E-state index contributed by atoms with van der Waals surface area (Å²) in [7, 11) is 0. The van der Waals surface area contributed by atoms with E-state index in [1.165, 1.54) is 18.4 Å². The van der Waals surface area contributed by atoms with E-state index in [0.717, 1.165) is 28.6 Å².